The number of H-pyrrole nitrogens is 1. The van der Waals surface area contributed by atoms with Crippen molar-refractivity contribution in [2.24, 2.45) is 0 Å². The molecule has 0 saturated carbocycles. The number of nitrogens with one attached hydrogen (secondary N) is 2. The summed E-state index contributed by atoms with van der Waals surface area (Å²) in [6.07, 6.45) is 1.46. The van der Waals surface area contributed by atoms with Crippen molar-refractivity contribution >= 4 is 22.8 Å². The number of nitrogens with zero attached hydrogens (tertiary/aromatic N) is 3. The van der Waals surface area contributed by atoms with E-state index in [0.29, 0.717) is 17.3 Å². The number of aromatic amines is 1. The van der Waals surface area contributed by atoms with Crippen LogP contribution in [0.15, 0.2) is 28.9 Å². The smallest absolute Gasteiger partial charge is 0.296 e. The Labute approximate surface area is 102 Å². The van der Waals surface area contributed by atoms with Gasteiger partial charge in [0.05, 0.1) is 6.04 Å². The van der Waals surface area contributed by atoms with Crippen LogP contribution < -0.4 is 11.1 Å². The lowest BCUT2D eigenvalue weighted by Gasteiger charge is -2.07. The summed E-state index contributed by atoms with van der Waals surface area (Å²) in [7, 11) is 0. The molecule has 2 heterocycles. The van der Waals surface area contributed by atoms with Gasteiger partial charge < -0.3 is 15.5 Å². The lowest BCUT2D eigenvalue weighted by atomic mass is 10.3. The van der Waals surface area contributed by atoms with Crippen molar-refractivity contribution in [1.29, 1.82) is 0 Å². The molecule has 7 heteroatoms. The SMILES string of the molecule is CC(Nc1nc2cc(N)ccc2o1)c1ncn[nH]1. The van der Waals surface area contributed by atoms with E-state index in [1.54, 1.807) is 18.2 Å². The van der Waals surface area contributed by atoms with Crippen LogP contribution in [0.4, 0.5) is 11.7 Å². The Morgan fingerprint density at radius 2 is 2.33 bits per heavy atom. The molecule has 3 rings (SSSR count). The summed E-state index contributed by atoms with van der Waals surface area (Å²) in [4.78, 5) is 8.37. The molecule has 0 spiro atoms. The number of anilines is 2. The van der Waals surface area contributed by atoms with Gasteiger partial charge in [-0.3, -0.25) is 5.10 Å². The topological polar surface area (TPSA) is 106 Å². The van der Waals surface area contributed by atoms with E-state index in [1.807, 2.05) is 6.92 Å². The zero-order valence-electron chi connectivity index (χ0n) is 9.71. The van der Waals surface area contributed by atoms with E-state index in [9.17, 15) is 0 Å². The molecule has 92 valence electrons. The molecular weight excluding hydrogens is 232 g/mol. The monoisotopic (exact) mass is 244 g/mol. The van der Waals surface area contributed by atoms with Crippen LogP contribution in [-0.4, -0.2) is 20.2 Å². The number of oxazole rings is 1. The second-order valence-electron chi connectivity index (χ2n) is 3.98. The Morgan fingerprint density at radius 1 is 1.44 bits per heavy atom. The molecule has 0 aliphatic heterocycles. The fourth-order valence-electron chi connectivity index (χ4n) is 1.68. The highest BCUT2D eigenvalue weighted by molar-refractivity contribution is 5.78. The molecule has 0 bridgehead atoms. The Bertz CT molecular complexity index is 659. The van der Waals surface area contributed by atoms with Crippen molar-refractivity contribution in [3.63, 3.8) is 0 Å². The van der Waals surface area contributed by atoms with E-state index in [0.717, 1.165) is 11.3 Å². The predicted octanol–water partition coefficient (Wildman–Crippen LogP) is 1.70. The average Bonchev–Trinajstić information content (AvgIpc) is 2.95. The first-order valence-electron chi connectivity index (χ1n) is 5.50. The van der Waals surface area contributed by atoms with Gasteiger partial charge in [0.15, 0.2) is 5.58 Å². The minimum absolute atomic E-state index is 0.0714. The number of rotatable bonds is 3. The molecule has 1 unspecified atom stereocenters. The van der Waals surface area contributed by atoms with Crippen LogP contribution in [0.25, 0.3) is 11.1 Å². The largest absolute Gasteiger partial charge is 0.424 e. The third kappa shape index (κ3) is 1.86. The average molecular weight is 244 g/mol. The Morgan fingerprint density at radius 3 is 3.11 bits per heavy atom. The molecule has 0 aliphatic rings. The van der Waals surface area contributed by atoms with E-state index in [1.165, 1.54) is 6.33 Å². The summed E-state index contributed by atoms with van der Waals surface area (Å²) in [6.45, 7) is 1.93. The van der Waals surface area contributed by atoms with Gasteiger partial charge in [0.25, 0.3) is 6.01 Å². The number of benzene rings is 1. The minimum atomic E-state index is -0.0714. The number of nitrogens with two attached hydrogens (primary N) is 1. The van der Waals surface area contributed by atoms with Crippen LogP contribution in [0, 0.1) is 0 Å². The van der Waals surface area contributed by atoms with Gasteiger partial charge in [0.1, 0.15) is 17.7 Å². The van der Waals surface area contributed by atoms with Crippen molar-refractivity contribution in [3.8, 4) is 0 Å². The second-order valence-corrected chi connectivity index (χ2v) is 3.98. The summed E-state index contributed by atoms with van der Waals surface area (Å²) in [5.74, 6) is 0.719. The van der Waals surface area contributed by atoms with E-state index < -0.39 is 0 Å². The lowest BCUT2D eigenvalue weighted by Crippen LogP contribution is -2.08. The van der Waals surface area contributed by atoms with Gasteiger partial charge >= 0.3 is 0 Å². The maximum absolute atomic E-state index is 5.69. The van der Waals surface area contributed by atoms with Crippen molar-refractivity contribution in [3.05, 3.63) is 30.4 Å². The normalized spacial score (nSPS) is 12.7. The molecule has 4 N–H and O–H groups in total. The molecule has 0 aliphatic carbocycles. The van der Waals surface area contributed by atoms with Crippen molar-refractivity contribution < 1.29 is 4.42 Å². The molecule has 18 heavy (non-hydrogen) atoms. The number of aromatic nitrogens is 4. The highest BCUT2D eigenvalue weighted by atomic mass is 16.4. The summed E-state index contributed by atoms with van der Waals surface area (Å²) in [5, 5.41) is 9.68. The molecule has 0 amide bonds. The van der Waals surface area contributed by atoms with Crippen molar-refractivity contribution in [2.45, 2.75) is 13.0 Å². The fraction of sp³-hybridized carbons (Fsp3) is 0.182. The molecule has 7 nitrogen and oxygen atoms in total. The number of hydrogen-bond donors (Lipinski definition) is 3. The lowest BCUT2D eigenvalue weighted by molar-refractivity contribution is 0.599. The Kier molecular flexibility index (Phi) is 2.36. The minimum Gasteiger partial charge on any atom is -0.424 e. The molecule has 2 aromatic heterocycles. The zero-order valence-corrected chi connectivity index (χ0v) is 9.71. The van der Waals surface area contributed by atoms with Gasteiger partial charge in [0.2, 0.25) is 0 Å². The van der Waals surface area contributed by atoms with Gasteiger partial charge in [-0.05, 0) is 25.1 Å². The van der Waals surface area contributed by atoms with E-state index in [2.05, 4.69) is 25.5 Å². The summed E-state index contributed by atoms with van der Waals surface area (Å²) >= 11 is 0. The molecule has 1 atom stereocenters. The van der Waals surface area contributed by atoms with Crippen LogP contribution in [0.1, 0.15) is 18.8 Å². The summed E-state index contributed by atoms with van der Waals surface area (Å²) in [6, 6.07) is 5.69. The number of hydrogen-bond acceptors (Lipinski definition) is 6. The van der Waals surface area contributed by atoms with Crippen LogP contribution in [0.5, 0.6) is 0 Å². The van der Waals surface area contributed by atoms with Crippen LogP contribution in [0.3, 0.4) is 0 Å². The summed E-state index contributed by atoms with van der Waals surface area (Å²) < 4.78 is 5.55. The van der Waals surface area contributed by atoms with Crippen LogP contribution >= 0.6 is 0 Å². The van der Waals surface area contributed by atoms with E-state index >= 15 is 0 Å². The molecular formula is C11H12N6O. The predicted molar refractivity (Wildman–Crippen MR) is 66.8 cm³/mol. The van der Waals surface area contributed by atoms with Crippen LogP contribution in [-0.2, 0) is 0 Å². The summed E-state index contributed by atoms with van der Waals surface area (Å²) in [5.41, 5.74) is 7.76. The first-order chi connectivity index (χ1) is 8.72. The first-order valence-corrected chi connectivity index (χ1v) is 5.50. The standard InChI is InChI=1S/C11H12N6O/c1-6(10-13-5-14-17-10)15-11-16-8-4-7(12)2-3-9(8)18-11/h2-6H,12H2,1H3,(H,15,16)(H,13,14,17). The molecule has 0 fully saturated rings. The van der Waals surface area contributed by atoms with E-state index in [4.69, 9.17) is 10.2 Å². The van der Waals surface area contributed by atoms with E-state index in [-0.39, 0.29) is 6.04 Å². The first kappa shape index (κ1) is 10.6. The third-order valence-electron chi connectivity index (χ3n) is 2.60. The Hall–Kier alpha value is -2.57. The number of fused-ring (bicyclic) bond motifs is 1. The van der Waals surface area contributed by atoms with Gasteiger partial charge in [-0.15, -0.1) is 0 Å². The van der Waals surface area contributed by atoms with Gasteiger partial charge in [-0.2, -0.15) is 10.1 Å². The van der Waals surface area contributed by atoms with Crippen LogP contribution in [0.2, 0.25) is 0 Å². The molecule has 3 aromatic rings. The highest BCUT2D eigenvalue weighted by Gasteiger charge is 2.12. The molecule has 0 saturated heterocycles. The third-order valence-corrected chi connectivity index (χ3v) is 2.60. The number of nitrogen functional groups attached to an aromatic ring is 1. The fourth-order valence-corrected chi connectivity index (χ4v) is 1.68. The highest BCUT2D eigenvalue weighted by Crippen LogP contribution is 2.23. The molecule has 0 radical (unpaired) electrons. The molecule has 1 aromatic carbocycles. The Balaban J connectivity index is 1.86. The van der Waals surface area contributed by atoms with Crippen molar-refractivity contribution in [2.75, 3.05) is 11.1 Å². The van der Waals surface area contributed by atoms with Crippen molar-refractivity contribution in [1.82, 2.24) is 20.2 Å². The van der Waals surface area contributed by atoms with Gasteiger partial charge in [0, 0.05) is 5.69 Å². The zero-order chi connectivity index (χ0) is 12.5. The van der Waals surface area contributed by atoms with Gasteiger partial charge in [-0.25, -0.2) is 4.98 Å². The quantitative estimate of drug-likeness (QED) is 0.605. The van der Waals surface area contributed by atoms with Gasteiger partial charge in [-0.1, -0.05) is 0 Å². The maximum Gasteiger partial charge on any atom is 0.296 e. The second kappa shape index (κ2) is 4.02. The maximum atomic E-state index is 5.69.